The Morgan fingerprint density at radius 3 is 2.46 bits per heavy atom. The summed E-state index contributed by atoms with van der Waals surface area (Å²) in [5.41, 5.74) is 1.87. The Morgan fingerprint density at radius 1 is 1.21 bits per heavy atom. The first-order valence-electron chi connectivity index (χ1n) is 9.16. The van der Waals surface area contributed by atoms with Gasteiger partial charge in [-0.2, -0.15) is 8.78 Å². The van der Waals surface area contributed by atoms with Gasteiger partial charge in [-0.1, -0.05) is 6.92 Å². The summed E-state index contributed by atoms with van der Waals surface area (Å²) in [6.07, 6.45) is 0.565. The maximum Gasteiger partial charge on any atom is 0.387 e. The molecular formula is C19H26F2N3O4+. The molecule has 0 aromatic heterocycles. The lowest BCUT2D eigenvalue weighted by molar-refractivity contribution is -0.889. The summed E-state index contributed by atoms with van der Waals surface area (Å²) in [7, 11) is 1.91. The van der Waals surface area contributed by atoms with E-state index in [9.17, 15) is 18.4 Å². The SMILES string of the molecule is CCOC(=O)C1=C(C[NH+](C)Cc2ccc(OC(F)F)cc2)NC(=O)N[C@@H]1CC. The Balaban J connectivity index is 2.12. The van der Waals surface area contributed by atoms with E-state index in [0.29, 0.717) is 30.8 Å². The fourth-order valence-electron chi connectivity index (χ4n) is 3.10. The minimum Gasteiger partial charge on any atom is -0.463 e. The van der Waals surface area contributed by atoms with E-state index in [4.69, 9.17) is 4.74 Å². The van der Waals surface area contributed by atoms with E-state index in [1.54, 1.807) is 19.1 Å². The zero-order valence-corrected chi connectivity index (χ0v) is 16.2. The summed E-state index contributed by atoms with van der Waals surface area (Å²) in [5.74, 6) is -0.349. The molecule has 28 heavy (non-hydrogen) atoms. The fraction of sp³-hybridized carbons (Fsp3) is 0.474. The molecule has 1 aromatic carbocycles. The van der Waals surface area contributed by atoms with Crippen molar-refractivity contribution in [2.24, 2.45) is 0 Å². The van der Waals surface area contributed by atoms with Crippen LogP contribution < -0.4 is 20.3 Å². The molecule has 9 heteroatoms. The number of halogens is 2. The van der Waals surface area contributed by atoms with E-state index < -0.39 is 18.6 Å². The Morgan fingerprint density at radius 2 is 1.89 bits per heavy atom. The quantitative estimate of drug-likeness (QED) is 0.547. The number of carbonyl (C=O) groups excluding carboxylic acids is 2. The van der Waals surface area contributed by atoms with Crippen molar-refractivity contribution in [2.75, 3.05) is 20.2 Å². The highest BCUT2D eigenvalue weighted by Crippen LogP contribution is 2.17. The molecule has 1 aromatic rings. The number of likely N-dealkylation sites (N-methyl/N-ethyl adjacent to an activating group) is 1. The summed E-state index contributed by atoms with van der Waals surface area (Å²) < 4.78 is 34.0. The summed E-state index contributed by atoms with van der Waals surface area (Å²) in [6, 6.07) is 5.63. The van der Waals surface area contributed by atoms with Crippen molar-refractivity contribution in [1.82, 2.24) is 10.6 Å². The second-order valence-corrected chi connectivity index (χ2v) is 6.51. The average Bonchev–Trinajstić information content (AvgIpc) is 2.62. The van der Waals surface area contributed by atoms with Gasteiger partial charge in [0, 0.05) is 5.56 Å². The number of benzene rings is 1. The first-order valence-corrected chi connectivity index (χ1v) is 9.16. The van der Waals surface area contributed by atoms with Crippen molar-refractivity contribution in [3.63, 3.8) is 0 Å². The highest BCUT2D eigenvalue weighted by molar-refractivity contribution is 5.94. The van der Waals surface area contributed by atoms with Crippen LogP contribution in [-0.4, -0.2) is 44.9 Å². The molecule has 7 nitrogen and oxygen atoms in total. The number of urea groups is 1. The topological polar surface area (TPSA) is 81.1 Å². The predicted octanol–water partition coefficient (Wildman–Crippen LogP) is 1.21. The number of esters is 1. The number of quaternary nitrogens is 1. The van der Waals surface area contributed by atoms with Crippen LogP contribution in [0.1, 0.15) is 25.8 Å². The minimum atomic E-state index is -2.86. The number of ether oxygens (including phenoxy) is 2. The fourth-order valence-corrected chi connectivity index (χ4v) is 3.10. The van der Waals surface area contributed by atoms with E-state index >= 15 is 0 Å². The first kappa shape index (κ1) is 21.6. The summed E-state index contributed by atoms with van der Waals surface area (Å²) in [6.45, 7) is 1.96. The molecule has 1 unspecified atom stereocenters. The molecule has 1 aliphatic rings. The third-order valence-corrected chi connectivity index (χ3v) is 4.28. The highest BCUT2D eigenvalue weighted by Gasteiger charge is 2.32. The summed E-state index contributed by atoms with van der Waals surface area (Å²) in [5, 5.41) is 5.46. The highest BCUT2D eigenvalue weighted by atomic mass is 19.3. The third kappa shape index (κ3) is 5.91. The van der Waals surface area contributed by atoms with E-state index in [1.165, 1.54) is 12.1 Å². The number of carbonyl (C=O) groups is 2. The first-order chi connectivity index (χ1) is 13.3. The maximum absolute atomic E-state index is 12.4. The van der Waals surface area contributed by atoms with Gasteiger partial charge in [0.15, 0.2) is 0 Å². The van der Waals surface area contributed by atoms with Crippen LogP contribution in [-0.2, 0) is 16.1 Å². The van der Waals surface area contributed by atoms with Crippen LogP contribution in [0.4, 0.5) is 13.6 Å². The van der Waals surface area contributed by atoms with Gasteiger partial charge in [-0.3, -0.25) is 0 Å². The molecule has 2 atom stereocenters. The molecule has 0 aliphatic carbocycles. The zero-order valence-electron chi connectivity index (χ0n) is 16.2. The molecule has 154 valence electrons. The second kappa shape index (κ2) is 10.0. The predicted molar refractivity (Wildman–Crippen MR) is 97.9 cm³/mol. The number of alkyl halides is 2. The molecule has 0 saturated carbocycles. The number of hydrogen-bond donors (Lipinski definition) is 3. The summed E-state index contributed by atoms with van der Waals surface area (Å²) in [4.78, 5) is 25.3. The van der Waals surface area contributed by atoms with Crippen molar-refractivity contribution in [3.8, 4) is 5.75 Å². The van der Waals surface area contributed by atoms with Gasteiger partial charge in [-0.05, 0) is 37.6 Å². The van der Waals surface area contributed by atoms with Crippen molar-refractivity contribution in [3.05, 3.63) is 41.1 Å². The van der Waals surface area contributed by atoms with Gasteiger partial charge < -0.3 is 25.0 Å². The lowest BCUT2D eigenvalue weighted by atomic mass is 10.00. The lowest BCUT2D eigenvalue weighted by Gasteiger charge is -2.29. The smallest absolute Gasteiger partial charge is 0.387 e. The van der Waals surface area contributed by atoms with Gasteiger partial charge in [-0.25, -0.2) is 9.59 Å². The second-order valence-electron chi connectivity index (χ2n) is 6.51. The molecule has 2 rings (SSSR count). The number of hydrogen-bond acceptors (Lipinski definition) is 4. The van der Waals surface area contributed by atoms with Crippen LogP contribution in [0, 0.1) is 0 Å². The monoisotopic (exact) mass is 398 g/mol. The van der Waals surface area contributed by atoms with Crippen molar-refractivity contribution in [1.29, 1.82) is 0 Å². The normalized spacial score (nSPS) is 17.8. The molecule has 0 bridgehead atoms. The van der Waals surface area contributed by atoms with Crippen molar-refractivity contribution < 1.29 is 32.7 Å². The molecule has 1 heterocycles. The molecule has 3 N–H and O–H groups in total. The zero-order chi connectivity index (χ0) is 20.7. The van der Waals surface area contributed by atoms with Gasteiger partial charge in [0.05, 0.1) is 31.0 Å². The van der Waals surface area contributed by atoms with Crippen molar-refractivity contribution >= 4 is 12.0 Å². The molecule has 2 amide bonds. The van der Waals surface area contributed by atoms with E-state index in [1.807, 2.05) is 14.0 Å². The van der Waals surface area contributed by atoms with Gasteiger partial charge >= 0.3 is 18.6 Å². The number of rotatable bonds is 9. The number of nitrogens with one attached hydrogen (secondary N) is 3. The maximum atomic E-state index is 12.4. The Kier molecular flexibility index (Phi) is 7.74. The Hall–Kier alpha value is -2.68. The van der Waals surface area contributed by atoms with Gasteiger partial charge in [0.1, 0.15) is 18.8 Å². The molecular weight excluding hydrogens is 372 g/mol. The van der Waals surface area contributed by atoms with Crippen LogP contribution in [0.15, 0.2) is 35.5 Å². The van der Waals surface area contributed by atoms with E-state index in [0.717, 1.165) is 10.5 Å². The molecule has 1 aliphatic heterocycles. The summed E-state index contributed by atoms with van der Waals surface area (Å²) >= 11 is 0. The van der Waals surface area contributed by atoms with Gasteiger partial charge in [0.2, 0.25) is 0 Å². The molecule has 0 spiro atoms. The van der Waals surface area contributed by atoms with Gasteiger partial charge in [0.25, 0.3) is 0 Å². The molecule has 0 fully saturated rings. The molecule has 0 radical (unpaired) electrons. The van der Waals surface area contributed by atoms with Crippen LogP contribution >= 0.6 is 0 Å². The van der Waals surface area contributed by atoms with Crippen LogP contribution in [0.2, 0.25) is 0 Å². The van der Waals surface area contributed by atoms with Crippen LogP contribution in [0.3, 0.4) is 0 Å². The number of amides is 2. The Bertz CT molecular complexity index is 722. The van der Waals surface area contributed by atoms with Crippen molar-refractivity contribution in [2.45, 2.75) is 39.5 Å². The van der Waals surface area contributed by atoms with Crippen LogP contribution in [0.5, 0.6) is 5.75 Å². The third-order valence-electron chi connectivity index (χ3n) is 4.28. The standard InChI is InChI=1S/C19H25F2N3O4/c1-4-14-16(17(25)27-5-2)15(23-19(26)22-14)11-24(3)10-12-6-8-13(9-7-12)28-18(20)21/h6-9,14,18H,4-5,10-11H2,1-3H3,(H2,22,23,26)/p+1/t14-/m1/s1. The lowest BCUT2D eigenvalue weighted by Crippen LogP contribution is -3.08. The largest absolute Gasteiger partial charge is 0.463 e. The van der Waals surface area contributed by atoms with E-state index in [-0.39, 0.29) is 18.4 Å². The average molecular weight is 398 g/mol. The molecule has 0 saturated heterocycles. The van der Waals surface area contributed by atoms with E-state index in [2.05, 4.69) is 15.4 Å². The van der Waals surface area contributed by atoms with Crippen LogP contribution in [0.25, 0.3) is 0 Å². The minimum absolute atomic E-state index is 0.0973. The Labute approximate surface area is 162 Å². The van der Waals surface area contributed by atoms with Gasteiger partial charge in [-0.15, -0.1) is 0 Å².